The van der Waals surface area contributed by atoms with Crippen molar-refractivity contribution in [2.45, 2.75) is 13.0 Å². The van der Waals surface area contributed by atoms with E-state index < -0.39 is 24.1 Å². The molecule has 6 N–H and O–H groups in total. The van der Waals surface area contributed by atoms with Crippen molar-refractivity contribution in [2.24, 2.45) is 11.5 Å². The van der Waals surface area contributed by atoms with Gasteiger partial charge in [-0.05, 0) is 6.92 Å². The van der Waals surface area contributed by atoms with Crippen molar-refractivity contribution in [1.29, 1.82) is 0 Å². The van der Waals surface area contributed by atoms with Crippen LogP contribution in [0.1, 0.15) is 6.92 Å². The van der Waals surface area contributed by atoms with Gasteiger partial charge in [-0.3, -0.25) is 10.1 Å². The van der Waals surface area contributed by atoms with Crippen LogP contribution in [-0.4, -0.2) is 37.2 Å². The number of hydrogen-bond donors (Lipinski definition) is 4. The molecular formula is C7H14N4O4. The van der Waals surface area contributed by atoms with Crippen LogP contribution in [0.3, 0.4) is 0 Å². The minimum atomic E-state index is -0.915. The van der Waals surface area contributed by atoms with E-state index in [4.69, 9.17) is 11.5 Å². The lowest BCUT2D eigenvalue weighted by Crippen LogP contribution is -2.47. The van der Waals surface area contributed by atoms with Crippen molar-refractivity contribution < 1.29 is 19.1 Å². The molecule has 0 aromatic rings. The second-order valence-corrected chi connectivity index (χ2v) is 2.70. The van der Waals surface area contributed by atoms with Gasteiger partial charge in [0.1, 0.15) is 6.61 Å². The van der Waals surface area contributed by atoms with Gasteiger partial charge in [-0.1, -0.05) is 0 Å². The third-order valence-corrected chi connectivity index (χ3v) is 1.44. The van der Waals surface area contributed by atoms with Crippen molar-refractivity contribution in [3.05, 3.63) is 0 Å². The van der Waals surface area contributed by atoms with Crippen LogP contribution >= 0.6 is 0 Å². The molecule has 4 amide bonds. The number of carbonyl (C=O) groups is 3. The highest BCUT2D eigenvalue weighted by Crippen LogP contribution is 1.81. The van der Waals surface area contributed by atoms with E-state index in [-0.39, 0.29) is 13.2 Å². The topological polar surface area (TPSA) is 137 Å². The highest BCUT2D eigenvalue weighted by atomic mass is 16.5. The third kappa shape index (κ3) is 7.26. The first-order valence-corrected chi connectivity index (χ1v) is 4.19. The average molecular weight is 218 g/mol. The zero-order valence-electron chi connectivity index (χ0n) is 8.28. The van der Waals surface area contributed by atoms with E-state index >= 15 is 0 Å². The van der Waals surface area contributed by atoms with Gasteiger partial charge in [0.15, 0.2) is 0 Å². The fourth-order valence-electron chi connectivity index (χ4n) is 0.749. The molecule has 8 nitrogen and oxygen atoms in total. The number of rotatable bonds is 5. The van der Waals surface area contributed by atoms with Crippen LogP contribution < -0.4 is 22.1 Å². The summed E-state index contributed by atoms with van der Waals surface area (Å²) in [6, 6.07) is -1.53. The molecule has 0 radical (unpaired) electrons. The molecule has 0 aliphatic heterocycles. The predicted octanol–water partition coefficient (Wildman–Crippen LogP) is -1.75. The molecular weight excluding hydrogens is 204 g/mol. The monoisotopic (exact) mass is 218 g/mol. The number of imide groups is 1. The molecule has 0 heterocycles. The first kappa shape index (κ1) is 13.2. The maximum Gasteiger partial charge on any atom is 0.404 e. The molecule has 8 heteroatoms. The van der Waals surface area contributed by atoms with Crippen molar-refractivity contribution in [3.8, 4) is 0 Å². The van der Waals surface area contributed by atoms with Gasteiger partial charge in [-0.15, -0.1) is 0 Å². The number of urea groups is 1. The molecule has 0 fully saturated rings. The van der Waals surface area contributed by atoms with E-state index in [0.717, 1.165) is 0 Å². The minimum absolute atomic E-state index is 0.0452. The second kappa shape index (κ2) is 6.60. The molecule has 86 valence electrons. The average Bonchev–Trinajstić information content (AvgIpc) is 2.10. The zero-order valence-corrected chi connectivity index (χ0v) is 8.28. The zero-order chi connectivity index (χ0) is 11.8. The fourth-order valence-corrected chi connectivity index (χ4v) is 0.749. The molecule has 0 saturated heterocycles. The highest BCUT2D eigenvalue weighted by Gasteiger charge is 2.13. The number of ether oxygens (including phenoxy) is 1. The van der Waals surface area contributed by atoms with Crippen LogP contribution in [0.15, 0.2) is 0 Å². The van der Waals surface area contributed by atoms with Crippen LogP contribution in [0.25, 0.3) is 0 Å². The number of nitrogens with one attached hydrogen (secondary N) is 2. The summed E-state index contributed by atoms with van der Waals surface area (Å²) in [7, 11) is 0. The molecule has 1 unspecified atom stereocenters. The summed E-state index contributed by atoms with van der Waals surface area (Å²) in [5.74, 6) is -0.554. The Bertz CT molecular complexity index is 255. The summed E-state index contributed by atoms with van der Waals surface area (Å²) < 4.78 is 4.41. The van der Waals surface area contributed by atoms with Gasteiger partial charge in [-0.25, -0.2) is 9.59 Å². The van der Waals surface area contributed by atoms with Crippen molar-refractivity contribution in [3.63, 3.8) is 0 Å². The lowest BCUT2D eigenvalue weighted by Gasteiger charge is -2.11. The number of carbonyl (C=O) groups excluding carboxylic acids is 3. The van der Waals surface area contributed by atoms with Crippen molar-refractivity contribution >= 4 is 18.0 Å². The van der Waals surface area contributed by atoms with Gasteiger partial charge < -0.3 is 21.5 Å². The fraction of sp³-hybridized carbons (Fsp3) is 0.571. The van der Waals surface area contributed by atoms with Crippen LogP contribution in [0, 0.1) is 0 Å². The Balaban J connectivity index is 3.64. The maximum absolute atomic E-state index is 11.1. The van der Waals surface area contributed by atoms with Crippen LogP contribution in [0.4, 0.5) is 9.59 Å². The normalized spacial score (nSPS) is 11.5. The number of primary amides is 2. The highest BCUT2D eigenvalue weighted by molar-refractivity contribution is 5.96. The summed E-state index contributed by atoms with van der Waals surface area (Å²) in [4.78, 5) is 31.5. The Labute approximate surface area is 86.3 Å². The summed E-state index contributed by atoms with van der Waals surface area (Å²) in [6.07, 6.45) is -0.883. The van der Waals surface area contributed by atoms with Gasteiger partial charge in [-0.2, -0.15) is 0 Å². The Hall–Kier alpha value is -1.83. The number of hydrogen-bond acceptors (Lipinski definition) is 5. The SMILES string of the molecule is CC(NCCOC(N)=O)C(=O)NC(N)=O. The first-order chi connectivity index (χ1) is 6.93. The molecule has 0 aliphatic carbocycles. The Kier molecular flexibility index (Phi) is 5.79. The Morgan fingerprint density at radius 3 is 2.40 bits per heavy atom. The Morgan fingerprint density at radius 1 is 1.33 bits per heavy atom. The van der Waals surface area contributed by atoms with Crippen molar-refractivity contribution in [1.82, 2.24) is 10.6 Å². The van der Waals surface area contributed by atoms with Gasteiger partial charge >= 0.3 is 12.1 Å². The summed E-state index contributed by atoms with van der Waals surface area (Å²) >= 11 is 0. The number of amides is 4. The summed E-state index contributed by atoms with van der Waals surface area (Å²) in [5.41, 5.74) is 9.45. The van der Waals surface area contributed by atoms with Crippen LogP contribution in [-0.2, 0) is 9.53 Å². The van der Waals surface area contributed by atoms with E-state index in [1.807, 2.05) is 5.32 Å². The first-order valence-electron chi connectivity index (χ1n) is 4.19. The van der Waals surface area contributed by atoms with E-state index in [1.165, 1.54) is 6.92 Å². The van der Waals surface area contributed by atoms with Crippen molar-refractivity contribution in [2.75, 3.05) is 13.2 Å². The smallest absolute Gasteiger partial charge is 0.404 e. The lowest BCUT2D eigenvalue weighted by atomic mass is 10.3. The Morgan fingerprint density at radius 2 is 1.93 bits per heavy atom. The van der Waals surface area contributed by atoms with E-state index in [1.54, 1.807) is 0 Å². The molecule has 0 bridgehead atoms. The van der Waals surface area contributed by atoms with E-state index in [9.17, 15) is 14.4 Å². The van der Waals surface area contributed by atoms with Gasteiger partial charge in [0, 0.05) is 6.54 Å². The van der Waals surface area contributed by atoms with E-state index in [2.05, 4.69) is 10.1 Å². The molecule has 0 aliphatic rings. The van der Waals surface area contributed by atoms with Gasteiger partial charge in [0.05, 0.1) is 6.04 Å². The molecule has 0 aromatic carbocycles. The largest absolute Gasteiger partial charge is 0.448 e. The van der Waals surface area contributed by atoms with Crippen LogP contribution in [0.5, 0.6) is 0 Å². The predicted molar refractivity (Wildman–Crippen MR) is 50.7 cm³/mol. The van der Waals surface area contributed by atoms with Crippen LogP contribution in [0.2, 0.25) is 0 Å². The molecule has 1 atom stereocenters. The van der Waals surface area contributed by atoms with Gasteiger partial charge in [0.25, 0.3) is 0 Å². The second-order valence-electron chi connectivity index (χ2n) is 2.70. The molecule has 0 saturated carbocycles. The maximum atomic E-state index is 11.1. The molecule has 0 aromatic heterocycles. The summed E-state index contributed by atoms with van der Waals surface area (Å²) in [5, 5.41) is 4.59. The molecule has 0 rings (SSSR count). The summed E-state index contributed by atoms with van der Waals surface area (Å²) in [6.45, 7) is 1.82. The standard InChI is InChI=1S/C7H14N4O4/c1-4(5(12)11-6(8)13)10-2-3-15-7(9)14/h4,10H,2-3H2,1H3,(H2,9,14)(H3,8,11,12,13). The minimum Gasteiger partial charge on any atom is -0.448 e. The molecule has 15 heavy (non-hydrogen) atoms. The third-order valence-electron chi connectivity index (χ3n) is 1.44. The molecule has 0 spiro atoms. The lowest BCUT2D eigenvalue weighted by molar-refractivity contribution is -0.121. The number of nitrogens with two attached hydrogens (primary N) is 2. The quantitative estimate of drug-likeness (QED) is 0.406. The van der Waals surface area contributed by atoms with Gasteiger partial charge in [0.2, 0.25) is 5.91 Å². The van der Waals surface area contributed by atoms with E-state index in [0.29, 0.717) is 0 Å².